The lowest BCUT2D eigenvalue weighted by atomic mass is 10.1. The lowest BCUT2D eigenvalue weighted by Gasteiger charge is -2.18. The smallest absolute Gasteiger partial charge is 0.335 e. The Hall–Kier alpha value is -3.06. The van der Waals surface area contributed by atoms with Crippen LogP contribution in [0.1, 0.15) is 21.5 Å². The first-order chi connectivity index (χ1) is 14.0. The minimum Gasteiger partial charge on any atom is -0.493 e. The summed E-state index contributed by atoms with van der Waals surface area (Å²) in [6, 6.07) is 16.3. The van der Waals surface area contributed by atoms with Crippen LogP contribution in [0.4, 0.5) is 10.1 Å². The average Bonchev–Trinajstić information content (AvgIpc) is 2.73. The van der Waals surface area contributed by atoms with Crippen molar-refractivity contribution in [2.75, 3.05) is 12.4 Å². The fraction of sp³-hybridized carbons (Fsp3) is 0.136. The van der Waals surface area contributed by atoms with Gasteiger partial charge in [-0.3, -0.25) is 0 Å². The number of aromatic carboxylic acids is 1. The van der Waals surface area contributed by atoms with Crippen LogP contribution in [-0.2, 0) is 13.2 Å². The maximum absolute atomic E-state index is 13.1. The van der Waals surface area contributed by atoms with Crippen LogP contribution in [0.15, 0.2) is 65.1 Å². The van der Waals surface area contributed by atoms with Crippen LogP contribution in [0.5, 0.6) is 11.5 Å². The molecule has 0 atom stereocenters. The van der Waals surface area contributed by atoms with Crippen LogP contribution in [0.25, 0.3) is 0 Å². The number of carboxylic acids is 1. The van der Waals surface area contributed by atoms with Gasteiger partial charge in [-0.2, -0.15) is 0 Å². The number of carbonyl (C=O) groups is 1. The zero-order chi connectivity index (χ0) is 20.8. The Morgan fingerprint density at radius 2 is 1.76 bits per heavy atom. The van der Waals surface area contributed by atoms with E-state index in [0.29, 0.717) is 18.0 Å². The van der Waals surface area contributed by atoms with E-state index in [1.165, 1.54) is 24.3 Å². The molecule has 3 rings (SSSR count). The monoisotopic (exact) mass is 459 g/mol. The lowest BCUT2D eigenvalue weighted by molar-refractivity contribution is 0.0697. The van der Waals surface area contributed by atoms with E-state index in [1.807, 2.05) is 6.07 Å². The van der Waals surface area contributed by atoms with Gasteiger partial charge < -0.3 is 19.9 Å². The van der Waals surface area contributed by atoms with Crippen molar-refractivity contribution < 1.29 is 23.8 Å². The number of ether oxygens (including phenoxy) is 2. The second-order valence-electron chi connectivity index (χ2n) is 6.21. The number of nitrogens with one attached hydrogen (secondary N) is 1. The Morgan fingerprint density at radius 1 is 1.07 bits per heavy atom. The number of hydrogen-bond acceptors (Lipinski definition) is 4. The van der Waals surface area contributed by atoms with Gasteiger partial charge in [-0.25, -0.2) is 9.18 Å². The standard InChI is InChI=1S/C22H19BrFNO4/c1-28-20-11-10-19(23)18(12-25-17-8-4-15(5-9-17)22(26)27)21(20)29-13-14-2-6-16(24)7-3-14/h2-11,25H,12-13H2,1H3,(H,26,27). The van der Waals surface area contributed by atoms with E-state index < -0.39 is 5.97 Å². The third kappa shape index (κ3) is 5.26. The first kappa shape index (κ1) is 20.7. The van der Waals surface area contributed by atoms with E-state index in [0.717, 1.165) is 21.3 Å². The molecule has 0 heterocycles. The predicted molar refractivity (Wildman–Crippen MR) is 112 cm³/mol. The molecule has 5 nitrogen and oxygen atoms in total. The molecule has 3 aromatic rings. The van der Waals surface area contributed by atoms with Gasteiger partial charge in [0, 0.05) is 22.3 Å². The first-order valence-electron chi connectivity index (χ1n) is 8.77. The number of rotatable bonds is 8. The third-order valence-corrected chi connectivity index (χ3v) is 5.03. The van der Waals surface area contributed by atoms with Crippen molar-refractivity contribution in [1.29, 1.82) is 0 Å². The Balaban J connectivity index is 1.79. The van der Waals surface area contributed by atoms with Gasteiger partial charge >= 0.3 is 5.97 Å². The van der Waals surface area contributed by atoms with Gasteiger partial charge in [-0.1, -0.05) is 28.1 Å². The van der Waals surface area contributed by atoms with E-state index in [-0.39, 0.29) is 18.0 Å². The largest absolute Gasteiger partial charge is 0.493 e. The molecule has 0 aromatic heterocycles. The number of hydrogen-bond donors (Lipinski definition) is 2. The topological polar surface area (TPSA) is 67.8 Å². The highest BCUT2D eigenvalue weighted by molar-refractivity contribution is 9.10. The van der Waals surface area contributed by atoms with Crippen molar-refractivity contribution in [3.05, 3.63) is 87.6 Å². The molecule has 0 radical (unpaired) electrons. The van der Waals surface area contributed by atoms with Crippen LogP contribution < -0.4 is 14.8 Å². The minimum atomic E-state index is -0.969. The second kappa shape index (κ2) is 9.43. The maximum Gasteiger partial charge on any atom is 0.335 e. The van der Waals surface area contributed by atoms with E-state index in [2.05, 4.69) is 21.2 Å². The number of benzene rings is 3. The SMILES string of the molecule is COc1ccc(Br)c(CNc2ccc(C(=O)O)cc2)c1OCc1ccc(F)cc1. The van der Waals surface area contributed by atoms with Crippen molar-refractivity contribution in [3.63, 3.8) is 0 Å². The highest BCUT2D eigenvalue weighted by atomic mass is 79.9. The summed E-state index contributed by atoms with van der Waals surface area (Å²) in [7, 11) is 1.57. The molecule has 0 aliphatic rings. The minimum absolute atomic E-state index is 0.224. The fourth-order valence-corrected chi connectivity index (χ4v) is 3.18. The predicted octanol–water partition coefficient (Wildman–Crippen LogP) is 5.49. The molecule has 3 aromatic carbocycles. The Kier molecular flexibility index (Phi) is 6.72. The van der Waals surface area contributed by atoms with Gasteiger partial charge in [0.05, 0.1) is 12.7 Å². The molecule has 0 aliphatic heterocycles. The summed E-state index contributed by atoms with van der Waals surface area (Å²) < 4.78 is 25.4. The molecule has 0 bridgehead atoms. The molecule has 150 valence electrons. The van der Waals surface area contributed by atoms with Crippen molar-refractivity contribution in [3.8, 4) is 11.5 Å². The fourth-order valence-electron chi connectivity index (χ4n) is 2.72. The number of methoxy groups -OCH3 is 1. The van der Waals surface area contributed by atoms with Crippen molar-refractivity contribution in [1.82, 2.24) is 0 Å². The molecular formula is C22H19BrFNO4. The molecule has 0 saturated carbocycles. The first-order valence-corrected chi connectivity index (χ1v) is 9.57. The molecule has 0 fully saturated rings. The Bertz CT molecular complexity index is 991. The second-order valence-corrected chi connectivity index (χ2v) is 7.06. The average molecular weight is 460 g/mol. The van der Waals surface area contributed by atoms with Gasteiger partial charge in [-0.15, -0.1) is 0 Å². The molecule has 29 heavy (non-hydrogen) atoms. The molecular weight excluding hydrogens is 441 g/mol. The summed E-state index contributed by atoms with van der Waals surface area (Å²) in [5.41, 5.74) is 2.67. The molecule has 7 heteroatoms. The van der Waals surface area contributed by atoms with Gasteiger partial charge in [0.15, 0.2) is 11.5 Å². The van der Waals surface area contributed by atoms with Crippen LogP contribution >= 0.6 is 15.9 Å². The molecule has 0 aliphatic carbocycles. The Labute approximate surface area is 176 Å². The van der Waals surface area contributed by atoms with Crippen LogP contribution in [-0.4, -0.2) is 18.2 Å². The van der Waals surface area contributed by atoms with Crippen LogP contribution in [0.3, 0.4) is 0 Å². The molecule has 0 unspecified atom stereocenters. The highest BCUT2D eigenvalue weighted by Crippen LogP contribution is 2.37. The lowest BCUT2D eigenvalue weighted by Crippen LogP contribution is -2.06. The van der Waals surface area contributed by atoms with Crippen molar-refractivity contribution in [2.45, 2.75) is 13.2 Å². The van der Waals surface area contributed by atoms with Gasteiger partial charge in [-0.05, 0) is 54.1 Å². The molecule has 0 saturated heterocycles. The summed E-state index contributed by atoms with van der Waals surface area (Å²) in [5.74, 6) is -0.120. The maximum atomic E-state index is 13.1. The summed E-state index contributed by atoms with van der Waals surface area (Å²) >= 11 is 3.55. The van der Waals surface area contributed by atoms with E-state index >= 15 is 0 Å². The van der Waals surface area contributed by atoms with Crippen molar-refractivity contribution in [2.24, 2.45) is 0 Å². The number of halogens is 2. The number of carboxylic acid groups (broad SMARTS) is 1. The Morgan fingerprint density at radius 3 is 2.38 bits per heavy atom. The normalized spacial score (nSPS) is 10.4. The summed E-state index contributed by atoms with van der Waals surface area (Å²) in [6.07, 6.45) is 0. The number of anilines is 1. The van der Waals surface area contributed by atoms with E-state index in [4.69, 9.17) is 14.6 Å². The summed E-state index contributed by atoms with van der Waals surface area (Å²) in [4.78, 5) is 11.0. The van der Waals surface area contributed by atoms with Gasteiger partial charge in [0.25, 0.3) is 0 Å². The highest BCUT2D eigenvalue weighted by Gasteiger charge is 2.15. The van der Waals surface area contributed by atoms with Crippen LogP contribution in [0.2, 0.25) is 0 Å². The van der Waals surface area contributed by atoms with Crippen molar-refractivity contribution >= 4 is 27.6 Å². The molecule has 2 N–H and O–H groups in total. The quantitative estimate of drug-likeness (QED) is 0.466. The summed E-state index contributed by atoms with van der Waals surface area (Å²) in [5, 5.41) is 12.3. The van der Waals surface area contributed by atoms with E-state index in [1.54, 1.807) is 37.4 Å². The van der Waals surface area contributed by atoms with Crippen LogP contribution in [0, 0.1) is 5.82 Å². The third-order valence-electron chi connectivity index (χ3n) is 4.28. The van der Waals surface area contributed by atoms with E-state index in [9.17, 15) is 9.18 Å². The zero-order valence-corrected chi connectivity index (χ0v) is 17.2. The zero-order valence-electron chi connectivity index (χ0n) is 15.6. The van der Waals surface area contributed by atoms with Gasteiger partial charge in [0.2, 0.25) is 0 Å². The van der Waals surface area contributed by atoms with Gasteiger partial charge in [0.1, 0.15) is 12.4 Å². The molecule has 0 spiro atoms. The molecule has 0 amide bonds. The summed E-state index contributed by atoms with van der Waals surface area (Å²) in [6.45, 7) is 0.677.